The molecular weight excluding hydrogens is 789 g/mol. The Bertz CT molecular complexity index is 1490. The molecule has 0 saturated heterocycles. The molecule has 1 aliphatic rings. The fraction of sp³-hybridized carbons (Fsp3) is 0.231. The Morgan fingerprint density at radius 3 is 1.59 bits per heavy atom. The van der Waals surface area contributed by atoms with Crippen molar-refractivity contribution in [2.45, 2.75) is 58.8 Å². The normalized spacial score (nSPS) is 11.3. The predicted molar refractivity (Wildman–Crippen MR) is 179 cm³/mol. The summed E-state index contributed by atoms with van der Waals surface area (Å²) in [5.41, 5.74) is 11.2. The van der Waals surface area contributed by atoms with Crippen LogP contribution in [0.3, 0.4) is 0 Å². The van der Waals surface area contributed by atoms with Crippen molar-refractivity contribution in [3.8, 4) is 11.1 Å². The van der Waals surface area contributed by atoms with Crippen LogP contribution in [-0.4, -0.2) is 3.26 Å². The van der Waals surface area contributed by atoms with Crippen LogP contribution in [0, 0.1) is 6.07 Å². The number of hydrogen-bond donors (Lipinski definition) is 0. The molecule has 0 atom stereocenters. The Morgan fingerprint density at radius 2 is 1.16 bits per heavy atom. The molecule has 0 saturated carbocycles. The van der Waals surface area contributed by atoms with Gasteiger partial charge in [0.05, 0.1) is 0 Å². The van der Waals surface area contributed by atoms with Crippen LogP contribution in [0.1, 0.15) is 74.9 Å². The van der Waals surface area contributed by atoms with Gasteiger partial charge in [-0.25, -0.2) is 12.1 Å². The fourth-order valence-electron chi connectivity index (χ4n) is 4.71. The molecule has 44 heavy (non-hydrogen) atoms. The summed E-state index contributed by atoms with van der Waals surface area (Å²) in [5, 5.41) is 1.55. The molecule has 0 nitrogen and oxygen atoms in total. The average molecular weight is 827 g/mol. The largest absolute Gasteiger partial charge is 1.00 e. The van der Waals surface area contributed by atoms with Crippen molar-refractivity contribution in [1.82, 2.24) is 0 Å². The molecule has 1 aliphatic carbocycles. The number of rotatable bonds is 2. The summed E-state index contributed by atoms with van der Waals surface area (Å²) in [6.07, 6.45) is 1.03. The van der Waals surface area contributed by atoms with E-state index < -0.39 is 0 Å². The Balaban J connectivity index is 0.000000260. The van der Waals surface area contributed by atoms with Crippen LogP contribution in [0.25, 0.3) is 11.1 Å². The monoisotopic (exact) mass is 826 g/mol. The van der Waals surface area contributed by atoms with Gasteiger partial charge in [0, 0.05) is 0 Å². The van der Waals surface area contributed by atoms with Crippen molar-refractivity contribution in [2.24, 2.45) is 0 Å². The summed E-state index contributed by atoms with van der Waals surface area (Å²) in [4.78, 5) is 0. The SMILES string of the molecule is CC(C)(C)c1c[c-]c2c(c1)-c1cc(C(C)(C)C)ccc1C2.Clc1ccc([C](=[Hf+2])c2ccc(Cl)cc2)cc1.[Cl-].[Cl-].c1cc[cH-]c1. The van der Waals surface area contributed by atoms with Crippen LogP contribution in [0.5, 0.6) is 0 Å². The molecule has 0 aromatic heterocycles. The minimum Gasteiger partial charge on any atom is -1.00 e. The molecule has 0 unspecified atom stereocenters. The van der Waals surface area contributed by atoms with Gasteiger partial charge in [0.25, 0.3) is 0 Å². The van der Waals surface area contributed by atoms with Crippen LogP contribution in [0.15, 0.2) is 109 Å². The van der Waals surface area contributed by atoms with Gasteiger partial charge in [-0.15, -0.1) is 5.56 Å². The zero-order valence-corrected chi connectivity index (χ0v) is 32.7. The second kappa shape index (κ2) is 16.6. The third-order valence-electron chi connectivity index (χ3n) is 7.35. The smallest absolute Gasteiger partial charge is 0.172 e. The molecule has 5 aromatic carbocycles. The molecule has 5 heteroatoms. The van der Waals surface area contributed by atoms with Crippen molar-refractivity contribution in [3.05, 3.63) is 159 Å². The van der Waals surface area contributed by atoms with Crippen LogP contribution >= 0.6 is 23.2 Å². The maximum Gasteiger partial charge on any atom is -0.172 e. The third-order valence-corrected chi connectivity index (χ3v) is 9.93. The summed E-state index contributed by atoms with van der Waals surface area (Å²) in [6, 6.07) is 41.0. The molecule has 0 spiro atoms. The molecule has 0 radical (unpaired) electrons. The minimum absolute atomic E-state index is 0. The number of hydrogen-bond acceptors (Lipinski definition) is 0. The van der Waals surface area contributed by atoms with E-state index in [1.165, 1.54) is 47.8 Å². The van der Waals surface area contributed by atoms with Gasteiger partial charge < -0.3 is 24.8 Å². The van der Waals surface area contributed by atoms with E-state index in [-0.39, 0.29) is 35.6 Å². The summed E-state index contributed by atoms with van der Waals surface area (Å²) in [7, 11) is 0. The topological polar surface area (TPSA) is 0 Å². The third kappa shape index (κ3) is 10.3. The first kappa shape index (κ1) is 38.3. The van der Waals surface area contributed by atoms with Crippen LogP contribution < -0.4 is 24.8 Å². The van der Waals surface area contributed by atoms with Crippen molar-refractivity contribution in [2.75, 3.05) is 0 Å². The zero-order chi connectivity index (χ0) is 30.5. The second-order valence-corrected chi connectivity index (χ2v) is 15.3. The standard InChI is InChI=1S/C21H25.C13H8Cl2.C5H5.2ClH.Hf/c1-20(2,3)16-9-7-14-11-15-8-10-17(21(4,5)6)13-19(15)18(14)12-16;14-12-5-1-10(2-6-12)9-11-3-7-13(15)8-4-11;1-2-4-5-3-1;;;/h7,9-10,12-13H,11H2,1-6H3;1-8H;1-5H;2*1H;/q-1;;-1;;;+2/p-2. The number of fused-ring (bicyclic) bond motifs is 3. The number of benzene rings is 4. The van der Waals surface area contributed by atoms with E-state index >= 15 is 0 Å². The first-order valence-electron chi connectivity index (χ1n) is 14.3. The van der Waals surface area contributed by atoms with Gasteiger partial charge in [-0.3, -0.25) is 0 Å². The second-order valence-electron chi connectivity index (χ2n) is 12.7. The van der Waals surface area contributed by atoms with Gasteiger partial charge in [-0.2, -0.15) is 47.5 Å². The molecule has 0 aliphatic heterocycles. The van der Waals surface area contributed by atoms with Gasteiger partial charge in [-0.1, -0.05) is 76.3 Å². The van der Waals surface area contributed by atoms with E-state index in [9.17, 15) is 0 Å². The molecule has 0 bridgehead atoms. The van der Waals surface area contributed by atoms with E-state index in [0.717, 1.165) is 40.4 Å². The summed E-state index contributed by atoms with van der Waals surface area (Å²) >= 11 is 12.7. The quantitative estimate of drug-likeness (QED) is 0.167. The Morgan fingerprint density at radius 1 is 0.682 bits per heavy atom. The van der Waals surface area contributed by atoms with E-state index in [2.05, 4.69) is 102 Å². The van der Waals surface area contributed by atoms with Crippen molar-refractivity contribution >= 4 is 26.5 Å². The predicted octanol–water partition coefficient (Wildman–Crippen LogP) is 5.18. The van der Waals surface area contributed by atoms with Gasteiger partial charge in [0.2, 0.25) is 0 Å². The first-order valence-corrected chi connectivity index (χ1v) is 16.8. The van der Waals surface area contributed by atoms with Crippen molar-refractivity contribution in [1.29, 1.82) is 0 Å². The van der Waals surface area contributed by atoms with Crippen LogP contribution in [-0.2, 0) is 41.1 Å². The molecule has 6 rings (SSSR count). The fourth-order valence-corrected chi connectivity index (χ4v) is 6.15. The van der Waals surface area contributed by atoms with Crippen LogP contribution in [0.2, 0.25) is 10.0 Å². The molecule has 0 amide bonds. The minimum atomic E-state index is 0. The van der Waals surface area contributed by atoms with Crippen molar-refractivity contribution < 1.29 is 48.7 Å². The van der Waals surface area contributed by atoms with E-state index in [4.69, 9.17) is 23.2 Å². The van der Waals surface area contributed by atoms with Gasteiger partial charge in [0.15, 0.2) is 0 Å². The van der Waals surface area contributed by atoms with E-state index in [1.54, 1.807) is 0 Å². The summed E-state index contributed by atoms with van der Waals surface area (Å²) in [5.74, 6) is 0. The average Bonchev–Trinajstić information content (AvgIpc) is 3.64. The zero-order valence-electron chi connectivity index (χ0n) is 26.1. The van der Waals surface area contributed by atoms with E-state index in [0.29, 0.717) is 0 Å². The first-order chi connectivity index (χ1) is 19.8. The summed E-state index contributed by atoms with van der Waals surface area (Å²) < 4.78 is 1.35. The molecule has 0 N–H and O–H groups in total. The molecular formula is C39H38Cl4Hf-2. The van der Waals surface area contributed by atoms with Gasteiger partial charge in [0.1, 0.15) is 0 Å². The Kier molecular flexibility index (Phi) is 14.5. The van der Waals surface area contributed by atoms with Gasteiger partial charge in [-0.05, 0) is 17.4 Å². The number of halogens is 4. The molecule has 228 valence electrons. The van der Waals surface area contributed by atoms with Gasteiger partial charge >= 0.3 is 120 Å². The van der Waals surface area contributed by atoms with E-state index in [1.807, 2.05) is 54.6 Å². The molecule has 0 fully saturated rings. The summed E-state index contributed by atoms with van der Waals surface area (Å²) in [6.45, 7) is 13.6. The maximum absolute atomic E-state index is 5.87. The Hall–Kier alpha value is -1.87. The van der Waals surface area contributed by atoms with Crippen LogP contribution in [0.4, 0.5) is 0 Å². The Labute approximate surface area is 301 Å². The van der Waals surface area contributed by atoms with Crippen molar-refractivity contribution in [3.63, 3.8) is 0 Å². The maximum atomic E-state index is 5.87. The molecule has 0 heterocycles. The molecule has 5 aromatic rings.